The van der Waals surface area contributed by atoms with Gasteiger partial charge < -0.3 is 15.0 Å². The number of halogens is 1. The second kappa shape index (κ2) is 9.45. The average Bonchev–Trinajstić information content (AvgIpc) is 2.63. The molecule has 1 N–H and O–H groups in total. The van der Waals surface area contributed by atoms with Crippen molar-refractivity contribution in [3.05, 3.63) is 30.1 Å². The van der Waals surface area contributed by atoms with E-state index in [-0.39, 0.29) is 36.4 Å². The van der Waals surface area contributed by atoms with Crippen LogP contribution < -0.4 is 5.32 Å². The van der Waals surface area contributed by atoms with Crippen molar-refractivity contribution in [2.45, 2.75) is 26.1 Å². The topological polar surface area (TPSA) is 65.1 Å². The predicted octanol–water partition coefficient (Wildman–Crippen LogP) is 1.02. The number of piperazine rings is 1. The van der Waals surface area contributed by atoms with Crippen molar-refractivity contribution in [2.75, 3.05) is 57.7 Å². The first kappa shape index (κ1) is 20.7. The van der Waals surface area contributed by atoms with Crippen molar-refractivity contribution in [3.8, 4) is 0 Å². The number of carbonyl (C=O) groups excluding carboxylic acids is 2. The highest BCUT2D eigenvalue weighted by Crippen LogP contribution is 2.12. The van der Waals surface area contributed by atoms with E-state index in [0.717, 1.165) is 13.1 Å². The Morgan fingerprint density at radius 1 is 1.00 bits per heavy atom. The van der Waals surface area contributed by atoms with Crippen LogP contribution in [0.15, 0.2) is 24.3 Å². The normalized spacial score (nSPS) is 24.2. The van der Waals surface area contributed by atoms with E-state index in [2.05, 4.69) is 10.2 Å². The van der Waals surface area contributed by atoms with E-state index in [0.29, 0.717) is 38.4 Å². The van der Waals surface area contributed by atoms with E-state index < -0.39 is 0 Å². The molecule has 3 rings (SSSR count). The summed E-state index contributed by atoms with van der Waals surface area (Å²) in [4.78, 5) is 30.8. The molecule has 0 saturated carbocycles. The van der Waals surface area contributed by atoms with E-state index in [9.17, 15) is 14.0 Å². The summed E-state index contributed by atoms with van der Waals surface area (Å²) < 4.78 is 18.6. The number of hydrogen-bond donors (Lipinski definition) is 1. The zero-order valence-electron chi connectivity index (χ0n) is 16.6. The van der Waals surface area contributed by atoms with E-state index in [4.69, 9.17) is 4.74 Å². The second-order valence-electron chi connectivity index (χ2n) is 7.66. The zero-order valence-corrected chi connectivity index (χ0v) is 16.6. The monoisotopic (exact) mass is 392 g/mol. The smallest absolute Gasteiger partial charge is 0.238 e. The van der Waals surface area contributed by atoms with Gasteiger partial charge in [-0.15, -0.1) is 0 Å². The molecule has 2 amide bonds. The van der Waals surface area contributed by atoms with Gasteiger partial charge in [0.1, 0.15) is 5.82 Å². The molecule has 8 heteroatoms. The fourth-order valence-electron chi connectivity index (χ4n) is 3.80. The number of morpholine rings is 1. The zero-order chi connectivity index (χ0) is 20.1. The molecule has 0 aliphatic carbocycles. The lowest BCUT2D eigenvalue weighted by atomic mass is 10.2. The summed E-state index contributed by atoms with van der Waals surface area (Å²) in [5.41, 5.74) is 0.578. The molecule has 2 atom stereocenters. The van der Waals surface area contributed by atoms with Crippen molar-refractivity contribution in [3.63, 3.8) is 0 Å². The van der Waals surface area contributed by atoms with Crippen LogP contribution in [0, 0.1) is 5.82 Å². The van der Waals surface area contributed by atoms with Crippen LogP contribution in [0.5, 0.6) is 0 Å². The quantitative estimate of drug-likeness (QED) is 0.811. The molecule has 2 aliphatic heterocycles. The van der Waals surface area contributed by atoms with Crippen molar-refractivity contribution in [1.82, 2.24) is 14.7 Å². The van der Waals surface area contributed by atoms with Gasteiger partial charge in [0.2, 0.25) is 11.8 Å². The summed E-state index contributed by atoms with van der Waals surface area (Å²) in [6.45, 7) is 8.87. The van der Waals surface area contributed by atoms with Crippen LogP contribution >= 0.6 is 0 Å². The van der Waals surface area contributed by atoms with Crippen molar-refractivity contribution >= 4 is 17.5 Å². The molecule has 1 aromatic rings. The largest absolute Gasteiger partial charge is 0.373 e. The van der Waals surface area contributed by atoms with E-state index in [1.807, 2.05) is 23.6 Å². The Hall–Kier alpha value is -2.03. The predicted molar refractivity (Wildman–Crippen MR) is 104 cm³/mol. The van der Waals surface area contributed by atoms with Crippen LogP contribution in [0.25, 0.3) is 0 Å². The third-order valence-electron chi connectivity index (χ3n) is 5.07. The first-order valence-corrected chi connectivity index (χ1v) is 9.82. The van der Waals surface area contributed by atoms with E-state index in [1.165, 1.54) is 24.3 Å². The summed E-state index contributed by atoms with van der Waals surface area (Å²) in [5.74, 6) is -0.334. The first-order chi connectivity index (χ1) is 13.4. The molecule has 28 heavy (non-hydrogen) atoms. The third-order valence-corrected chi connectivity index (χ3v) is 5.07. The molecule has 2 fully saturated rings. The van der Waals surface area contributed by atoms with Crippen LogP contribution in [0.1, 0.15) is 13.8 Å². The summed E-state index contributed by atoms with van der Waals surface area (Å²) >= 11 is 0. The van der Waals surface area contributed by atoms with Crippen molar-refractivity contribution < 1.29 is 18.7 Å². The van der Waals surface area contributed by atoms with Crippen molar-refractivity contribution in [2.24, 2.45) is 0 Å². The lowest BCUT2D eigenvalue weighted by Gasteiger charge is -2.38. The average molecular weight is 392 g/mol. The maximum atomic E-state index is 12.9. The minimum absolute atomic E-state index is 0.136. The number of nitrogens with zero attached hydrogens (tertiary/aromatic N) is 3. The molecule has 2 saturated heterocycles. The van der Waals surface area contributed by atoms with Crippen LogP contribution in [-0.2, 0) is 14.3 Å². The van der Waals surface area contributed by atoms with E-state index in [1.54, 1.807) is 0 Å². The van der Waals surface area contributed by atoms with Gasteiger partial charge in [0.15, 0.2) is 0 Å². The Morgan fingerprint density at radius 2 is 1.61 bits per heavy atom. The molecule has 0 radical (unpaired) electrons. The standard InChI is InChI=1S/C20H29FN4O3/c1-15-11-24(12-16(2)28-15)14-20(27)25-9-7-23(8-10-25)13-19(26)22-18-5-3-17(21)4-6-18/h3-6,15-16H,7-14H2,1-2H3,(H,22,26)/t15-,16-/m0/s1. The fraction of sp³-hybridized carbons (Fsp3) is 0.600. The minimum atomic E-state index is -0.334. The molecule has 2 heterocycles. The summed E-state index contributed by atoms with van der Waals surface area (Å²) in [6.07, 6.45) is 0.293. The lowest BCUT2D eigenvalue weighted by Crippen LogP contribution is -2.54. The minimum Gasteiger partial charge on any atom is -0.373 e. The van der Waals surface area contributed by atoms with E-state index >= 15 is 0 Å². The van der Waals surface area contributed by atoms with Gasteiger partial charge in [-0.3, -0.25) is 19.4 Å². The number of hydrogen-bond acceptors (Lipinski definition) is 5. The molecule has 0 bridgehead atoms. The molecule has 0 unspecified atom stereocenters. The van der Waals surface area contributed by atoms with Gasteiger partial charge in [-0.25, -0.2) is 4.39 Å². The maximum absolute atomic E-state index is 12.9. The number of rotatable bonds is 5. The number of benzene rings is 1. The summed E-state index contributed by atoms with van der Waals surface area (Å²) in [6, 6.07) is 5.71. The van der Waals surface area contributed by atoms with Gasteiger partial charge in [0.05, 0.1) is 25.3 Å². The number of carbonyl (C=O) groups is 2. The van der Waals surface area contributed by atoms with Gasteiger partial charge in [-0.1, -0.05) is 0 Å². The Labute approximate surface area is 165 Å². The lowest BCUT2D eigenvalue weighted by molar-refractivity contribution is -0.137. The van der Waals surface area contributed by atoms with Crippen molar-refractivity contribution in [1.29, 1.82) is 0 Å². The van der Waals surface area contributed by atoms with Gasteiger partial charge >= 0.3 is 0 Å². The second-order valence-corrected chi connectivity index (χ2v) is 7.66. The Kier molecular flexibility index (Phi) is 6.98. The highest BCUT2D eigenvalue weighted by atomic mass is 19.1. The molecule has 7 nitrogen and oxygen atoms in total. The fourth-order valence-corrected chi connectivity index (χ4v) is 3.80. The highest BCUT2D eigenvalue weighted by molar-refractivity contribution is 5.92. The number of anilines is 1. The Balaban J connectivity index is 1.39. The number of amides is 2. The van der Waals surface area contributed by atoms with Gasteiger partial charge in [0.25, 0.3) is 0 Å². The molecule has 2 aliphatic rings. The molecule has 0 aromatic heterocycles. The number of ether oxygens (including phenoxy) is 1. The summed E-state index contributed by atoms with van der Waals surface area (Å²) in [7, 11) is 0. The molecular formula is C20H29FN4O3. The SMILES string of the molecule is C[C@H]1CN(CC(=O)N2CCN(CC(=O)Nc3ccc(F)cc3)CC2)C[C@H](C)O1. The molecular weight excluding hydrogens is 363 g/mol. The maximum Gasteiger partial charge on any atom is 0.238 e. The highest BCUT2D eigenvalue weighted by Gasteiger charge is 2.27. The van der Waals surface area contributed by atoms with Gasteiger partial charge in [-0.05, 0) is 38.1 Å². The first-order valence-electron chi connectivity index (χ1n) is 9.82. The van der Waals surface area contributed by atoms with Crippen LogP contribution in [-0.4, -0.2) is 91.1 Å². The molecule has 154 valence electrons. The van der Waals surface area contributed by atoms with Crippen LogP contribution in [0.4, 0.5) is 10.1 Å². The Bertz CT molecular complexity index is 667. The number of nitrogens with one attached hydrogen (secondary N) is 1. The van der Waals surface area contributed by atoms with Gasteiger partial charge in [0, 0.05) is 45.0 Å². The van der Waals surface area contributed by atoms with Crippen LogP contribution in [0.3, 0.4) is 0 Å². The third kappa shape index (κ3) is 5.98. The van der Waals surface area contributed by atoms with Gasteiger partial charge in [-0.2, -0.15) is 0 Å². The summed E-state index contributed by atoms with van der Waals surface area (Å²) in [5, 5.41) is 2.77. The molecule has 1 aromatic carbocycles. The Morgan fingerprint density at radius 3 is 2.21 bits per heavy atom. The molecule has 0 spiro atoms. The van der Waals surface area contributed by atoms with Crippen LogP contribution in [0.2, 0.25) is 0 Å².